The maximum Gasteiger partial charge on any atom is 0.239 e. The smallest absolute Gasteiger partial charge is 0.239 e. The van der Waals surface area contributed by atoms with Gasteiger partial charge in [-0.2, -0.15) is 0 Å². The zero-order valence-corrected chi connectivity index (χ0v) is 5.99. The standard InChI is InChI=1S/C4H11FOSi/c1-4-7(2,3)6-5/h4H2,1-3H3. The summed E-state index contributed by atoms with van der Waals surface area (Å²) in [7, 11) is -1.82. The van der Waals surface area contributed by atoms with Crippen LogP contribution >= 0.6 is 0 Å². The van der Waals surface area contributed by atoms with Crippen molar-refractivity contribution >= 4 is 8.32 Å². The van der Waals surface area contributed by atoms with Crippen LogP contribution < -0.4 is 0 Å². The minimum atomic E-state index is -1.82. The molecule has 0 saturated carbocycles. The van der Waals surface area contributed by atoms with Gasteiger partial charge in [0.15, 0.2) is 0 Å². The quantitative estimate of drug-likeness (QED) is 0.510. The third-order valence-corrected chi connectivity index (χ3v) is 3.18. The molecule has 0 bridgehead atoms. The summed E-state index contributed by atoms with van der Waals surface area (Å²) in [6.45, 7) is 5.62. The molecule has 0 fully saturated rings. The fraction of sp³-hybridized carbons (Fsp3) is 1.00. The van der Waals surface area contributed by atoms with E-state index >= 15 is 0 Å². The third kappa shape index (κ3) is 2.76. The van der Waals surface area contributed by atoms with Crippen LogP contribution in [0, 0.1) is 0 Å². The lowest BCUT2D eigenvalue weighted by Gasteiger charge is -2.10. The predicted molar refractivity (Wildman–Crippen MR) is 30.2 cm³/mol. The van der Waals surface area contributed by atoms with Crippen molar-refractivity contribution in [2.24, 2.45) is 0 Å². The van der Waals surface area contributed by atoms with Gasteiger partial charge in [-0.3, -0.25) is 0 Å². The summed E-state index contributed by atoms with van der Waals surface area (Å²) in [4.78, 5) is 0. The van der Waals surface area contributed by atoms with Crippen LogP contribution in [0.5, 0.6) is 0 Å². The highest BCUT2D eigenvalue weighted by molar-refractivity contribution is 6.70. The van der Waals surface area contributed by atoms with Gasteiger partial charge in [0.25, 0.3) is 0 Å². The van der Waals surface area contributed by atoms with Crippen molar-refractivity contribution in [3.8, 4) is 0 Å². The maximum atomic E-state index is 11.3. The molecule has 0 aromatic carbocycles. The molecule has 0 aliphatic carbocycles. The van der Waals surface area contributed by atoms with Crippen LogP contribution in [0.4, 0.5) is 4.53 Å². The first-order valence-electron chi connectivity index (χ1n) is 2.42. The average molecular weight is 122 g/mol. The van der Waals surface area contributed by atoms with Gasteiger partial charge in [0.1, 0.15) is 0 Å². The van der Waals surface area contributed by atoms with Crippen LogP contribution in [0.1, 0.15) is 6.92 Å². The van der Waals surface area contributed by atoms with E-state index in [1.807, 2.05) is 20.0 Å². The van der Waals surface area contributed by atoms with Crippen LogP contribution in [-0.4, -0.2) is 8.32 Å². The molecule has 44 valence electrons. The molecule has 0 aliphatic heterocycles. The van der Waals surface area contributed by atoms with E-state index in [0.29, 0.717) is 0 Å². The van der Waals surface area contributed by atoms with Crippen molar-refractivity contribution in [1.82, 2.24) is 0 Å². The lowest BCUT2D eigenvalue weighted by molar-refractivity contribution is -0.0190. The predicted octanol–water partition coefficient (Wildman–Crippen LogP) is 2.11. The van der Waals surface area contributed by atoms with E-state index in [1.54, 1.807) is 0 Å². The summed E-state index contributed by atoms with van der Waals surface area (Å²) in [5.41, 5.74) is 0. The summed E-state index contributed by atoms with van der Waals surface area (Å²) in [5.74, 6) is 0. The van der Waals surface area contributed by atoms with E-state index < -0.39 is 8.32 Å². The van der Waals surface area contributed by atoms with Gasteiger partial charge in [-0.1, -0.05) is 11.4 Å². The topological polar surface area (TPSA) is 9.23 Å². The first-order valence-corrected chi connectivity index (χ1v) is 5.53. The van der Waals surface area contributed by atoms with Crippen molar-refractivity contribution in [2.45, 2.75) is 26.1 Å². The van der Waals surface area contributed by atoms with E-state index in [2.05, 4.69) is 4.63 Å². The Hall–Kier alpha value is 0.107. The molecule has 0 aliphatic rings. The van der Waals surface area contributed by atoms with E-state index in [4.69, 9.17) is 0 Å². The number of hydrogen-bond donors (Lipinski definition) is 0. The van der Waals surface area contributed by atoms with Crippen molar-refractivity contribution in [3.05, 3.63) is 0 Å². The second-order valence-corrected chi connectivity index (χ2v) is 6.57. The SMILES string of the molecule is CC[Si](C)(C)OF. The first-order chi connectivity index (χ1) is 3.12. The van der Waals surface area contributed by atoms with Crippen LogP contribution in [0.15, 0.2) is 0 Å². The highest BCUT2D eigenvalue weighted by Crippen LogP contribution is 2.08. The zero-order valence-electron chi connectivity index (χ0n) is 4.99. The summed E-state index contributed by atoms with van der Waals surface area (Å²) in [6, 6.07) is 0.837. The molecule has 0 saturated heterocycles. The monoisotopic (exact) mass is 122 g/mol. The Bertz CT molecular complexity index is 49.7. The molecule has 1 nitrogen and oxygen atoms in total. The van der Waals surface area contributed by atoms with Crippen LogP contribution in [0.2, 0.25) is 19.1 Å². The molecular weight excluding hydrogens is 111 g/mol. The van der Waals surface area contributed by atoms with Gasteiger partial charge >= 0.3 is 0 Å². The van der Waals surface area contributed by atoms with Crippen LogP contribution in [0.25, 0.3) is 0 Å². The largest absolute Gasteiger partial charge is 0.246 e. The molecule has 0 aromatic heterocycles. The molecular formula is C4H11FOSi. The van der Waals surface area contributed by atoms with Gasteiger partial charge in [-0.25, -0.2) is 4.63 Å². The minimum Gasteiger partial charge on any atom is -0.246 e. The van der Waals surface area contributed by atoms with Gasteiger partial charge in [0.05, 0.1) is 0 Å². The van der Waals surface area contributed by atoms with Crippen molar-refractivity contribution in [3.63, 3.8) is 0 Å². The van der Waals surface area contributed by atoms with Gasteiger partial charge in [-0.05, 0) is 19.1 Å². The van der Waals surface area contributed by atoms with E-state index in [9.17, 15) is 4.53 Å². The summed E-state index contributed by atoms with van der Waals surface area (Å²) >= 11 is 0. The molecule has 0 aromatic rings. The van der Waals surface area contributed by atoms with Gasteiger partial charge in [-0.15, -0.1) is 0 Å². The number of hydrogen-bond acceptors (Lipinski definition) is 1. The molecule has 0 radical (unpaired) electrons. The Balaban J connectivity index is 3.36. The minimum absolute atomic E-state index is 0.837. The van der Waals surface area contributed by atoms with Crippen LogP contribution in [-0.2, 0) is 4.63 Å². The highest BCUT2D eigenvalue weighted by Gasteiger charge is 2.20. The fourth-order valence-corrected chi connectivity index (χ4v) is 0.164. The summed E-state index contributed by atoms with van der Waals surface area (Å²) in [5, 5.41) is 0. The molecule has 0 unspecified atom stereocenters. The Morgan fingerprint density at radius 2 is 2.00 bits per heavy atom. The molecule has 0 spiro atoms. The van der Waals surface area contributed by atoms with Crippen molar-refractivity contribution < 1.29 is 9.16 Å². The molecule has 3 heteroatoms. The normalized spacial score (nSPS) is 12.0. The molecule has 0 amide bonds. The Labute approximate surface area is 44.5 Å². The Kier molecular flexibility index (Phi) is 2.46. The average Bonchev–Trinajstić information content (AvgIpc) is 1.68. The first kappa shape index (κ1) is 7.11. The lowest BCUT2D eigenvalue weighted by atomic mass is 11.0. The van der Waals surface area contributed by atoms with E-state index in [-0.39, 0.29) is 0 Å². The third-order valence-electron chi connectivity index (χ3n) is 1.06. The second-order valence-electron chi connectivity index (χ2n) is 2.19. The highest BCUT2D eigenvalue weighted by atomic mass is 28.4. The van der Waals surface area contributed by atoms with E-state index in [1.165, 1.54) is 0 Å². The summed E-state index contributed by atoms with van der Waals surface area (Å²) < 4.78 is 15.1. The van der Waals surface area contributed by atoms with Gasteiger partial charge < -0.3 is 0 Å². The Morgan fingerprint density at radius 3 is 2.00 bits per heavy atom. The maximum absolute atomic E-state index is 11.3. The molecule has 7 heavy (non-hydrogen) atoms. The van der Waals surface area contributed by atoms with Gasteiger partial charge in [0.2, 0.25) is 8.32 Å². The number of halogens is 1. The zero-order chi connectivity index (χ0) is 5.91. The summed E-state index contributed by atoms with van der Waals surface area (Å²) in [6.07, 6.45) is 0. The van der Waals surface area contributed by atoms with Crippen molar-refractivity contribution in [2.75, 3.05) is 0 Å². The van der Waals surface area contributed by atoms with Gasteiger partial charge in [0, 0.05) is 0 Å². The van der Waals surface area contributed by atoms with Crippen LogP contribution in [0.3, 0.4) is 0 Å². The number of rotatable bonds is 2. The Morgan fingerprint density at radius 1 is 1.57 bits per heavy atom. The van der Waals surface area contributed by atoms with E-state index in [0.717, 1.165) is 6.04 Å². The lowest BCUT2D eigenvalue weighted by Crippen LogP contribution is -2.24. The van der Waals surface area contributed by atoms with Crippen molar-refractivity contribution in [1.29, 1.82) is 0 Å². The fourth-order valence-electron chi connectivity index (χ4n) is 0.0546. The molecule has 0 N–H and O–H groups in total. The second kappa shape index (κ2) is 2.42. The molecule has 0 atom stereocenters. The molecule has 0 rings (SSSR count). The molecule has 0 heterocycles.